The van der Waals surface area contributed by atoms with Gasteiger partial charge in [-0.2, -0.15) is 0 Å². The molecule has 5 heteroatoms. The van der Waals surface area contributed by atoms with Crippen molar-refractivity contribution in [3.63, 3.8) is 0 Å². The topological polar surface area (TPSA) is 53.5 Å². The van der Waals surface area contributed by atoms with Crippen molar-refractivity contribution in [2.75, 3.05) is 18.0 Å². The first-order valence-electron chi connectivity index (χ1n) is 6.17. The first-order chi connectivity index (χ1) is 8.65. The molecule has 3 heterocycles. The Morgan fingerprint density at radius 2 is 1.83 bits per heavy atom. The Hall–Kier alpha value is -1.91. The Bertz CT molecular complexity index is 475. The van der Waals surface area contributed by atoms with E-state index >= 15 is 0 Å². The molecule has 0 bridgehead atoms. The smallest absolute Gasteiger partial charge is 0.230 e. The van der Waals surface area contributed by atoms with Gasteiger partial charge in [-0.05, 0) is 18.6 Å². The number of hydrogen-bond donors (Lipinski definition) is 0. The van der Waals surface area contributed by atoms with Crippen molar-refractivity contribution < 1.29 is 9.59 Å². The van der Waals surface area contributed by atoms with E-state index in [-0.39, 0.29) is 17.9 Å². The van der Waals surface area contributed by atoms with Gasteiger partial charge < -0.3 is 4.90 Å². The van der Waals surface area contributed by atoms with E-state index in [9.17, 15) is 9.59 Å². The number of carbonyl (C=O) groups excluding carboxylic acids is 2. The molecule has 0 spiro atoms. The minimum Gasteiger partial charge on any atom is -0.352 e. The number of aryl methyl sites for hydroxylation is 1. The fourth-order valence-corrected chi connectivity index (χ4v) is 2.45. The van der Waals surface area contributed by atoms with E-state index < -0.39 is 0 Å². The molecule has 1 aromatic heterocycles. The van der Waals surface area contributed by atoms with Gasteiger partial charge in [0.1, 0.15) is 5.82 Å². The number of pyridine rings is 1. The predicted molar refractivity (Wildman–Crippen MR) is 66.1 cm³/mol. The summed E-state index contributed by atoms with van der Waals surface area (Å²) in [4.78, 5) is 31.0. The molecular formula is C13H15N3O2. The number of likely N-dealkylation sites (tertiary alicyclic amines) is 1. The molecule has 1 aromatic rings. The van der Waals surface area contributed by atoms with Crippen LogP contribution in [0, 0.1) is 6.92 Å². The van der Waals surface area contributed by atoms with Crippen LogP contribution in [0.5, 0.6) is 0 Å². The van der Waals surface area contributed by atoms with Crippen molar-refractivity contribution in [1.82, 2.24) is 9.88 Å². The molecule has 2 fully saturated rings. The van der Waals surface area contributed by atoms with E-state index in [2.05, 4.69) is 9.88 Å². The third-order valence-electron chi connectivity index (χ3n) is 3.54. The average molecular weight is 245 g/mol. The summed E-state index contributed by atoms with van der Waals surface area (Å²) in [5, 5.41) is 0. The van der Waals surface area contributed by atoms with Gasteiger partial charge >= 0.3 is 0 Å². The summed E-state index contributed by atoms with van der Waals surface area (Å²) in [5.74, 6) is 0.860. The average Bonchev–Trinajstić information content (AvgIpc) is 2.61. The molecule has 3 rings (SSSR count). The van der Waals surface area contributed by atoms with Crippen LogP contribution in [0.1, 0.15) is 18.4 Å². The molecule has 2 amide bonds. The van der Waals surface area contributed by atoms with Crippen LogP contribution in [0.3, 0.4) is 0 Å². The van der Waals surface area contributed by atoms with Crippen molar-refractivity contribution in [3.8, 4) is 0 Å². The molecule has 0 atom stereocenters. The van der Waals surface area contributed by atoms with Gasteiger partial charge in [0.2, 0.25) is 11.8 Å². The zero-order valence-corrected chi connectivity index (χ0v) is 10.3. The SMILES string of the molecule is Cc1ccc(N2CC(N3C(=O)CCC3=O)C2)nc1. The highest BCUT2D eigenvalue weighted by Gasteiger charge is 2.41. The Morgan fingerprint density at radius 1 is 1.17 bits per heavy atom. The number of anilines is 1. The lowest BCUT2D eigenvalue weighted by Gasteiger charge is -2.43. The summed E-state index contributed by atoms with van der Waals surface area (Å²) < 4.78 is 0. The monoisotopic (exact) mass is 245 g/mol. The third-order valence-corrected chi connectivity index (χ3v) is 3.54. The second kappa shape index (κ2) is 4.08. The molecule has 2 aliphatic heterocycles. The van der Waals surface area contributed by atoms with Crippen LogP contribution >= 0.6 is 0 Å². The maximum Gasteiger partial charge on any atom is 0.230 e. The highest BCUT2D eigenvalue weighted by atomic mass is 16.2. The van der Waals surface area contributed by atoms with Crippen molar-refractivity contribution in [1.29, 1.82) is 0 Å². The molecule has 18 heavy (non-hydrogen) atoms. The maximum absolute atomic E-state index is 11.6. The molecule has 0 aromatic carbocycles. The van der Waals surface area contributed by atoms with Crippen molar-refractivity contribution in [2.45, 2.75) is 25.8 Å². The van der Waals surface area contributed by atoms with Crippen molar-refractivity contribution in [3.05, 3.63) is 23.9 Å². The van der Waals surface area contributed by atoms with Crippen LogP contribution in [-0.2, 0) is 9.59 Å². The number of aromatic nitrogens is 1. The molecule has 5 nitrogen and oxygen atoms in total. The Morgan fingerprint density at radius 3 is 2.39 bits per heavy atom. The minimum atomic E-state index is -0.0264. The molecule has 0 N–H and O–H groups in total. The Balaban J connectivity index is 1.65. The van der Waals surface area contributed by atoms with E-state index in [1.54, 1.807) is 0 Å². The van der Waals surface area contributed by atoms with Crippen LogP contribution in [-0.4, -0.2) is 40.8 Å². The Kier molecular flexibility index (Phi) is 2.54. The molecule has 94 valence electrons. The van der Waals surface area contributed by atoms with Gasteiger partial charge in [0, 0.05) is 32.1 Å². The summed E-state index contributed by atoms with van der Waals surface area (Å²) in [6.45, 7) is 3.40. The standard InChI is InChI=1S/C13H15N3O2/c1-9-2-3-11(14-6-9)15-7-10(8-15)16-12(17)4-5-13(16)18/h2-3,6,10H,4-5,7-8H2,1H3. The number of imide groups is 1. The molecule has 0 saturated carbocycles. The lowest BCUT2D eigenvalue weighted by Crippen LogP contribution is -2.61. The van der Waals surface area contributed by atoms with Crippen LogP contribution in [0.25, 0.3) is 0 Å². The summed E-state index contributed by atoms with van der Waals surface area (Å²) in [5.41, 5.74) is 1.13. The van der Waals surface area contributed by atoms with Gasteiger partial charge in [0.15, 0.2) is 0 Å². The first kappa shape index (κ1) is 11.2. The second-order valence-electron chi connectivity index (χ2n) is 4.91. The summed E-state index contributed by atoms with van der Waals surface area (Å²) in [7, 11) is 0. The van der Waals surface area contributed by atoms with Gasteiger partial charge in [-0.25, -0.2) is 4.98 Å². The van der Waals surface area contributed by atoms with Gasteiger partial charge in [-0.1, -0.05) is 6.07 Å². The fourth-order valence-electron chi connectivity index (χ4n) is 2.45. The third kappa shape index (κ3) is 1.75. The summed E-state index contributed by atoms with van der Waals surface area (Å²) in [6, 6.07) is 4.02. The van der Waals surface area contributed by atoms with Crippen LogP contribution in [0.4, 0.5) is 5.82 Å². The normalized spacial score (nSPS) is 20.5. The maximum atomic E-state index is 11.6. The quantitative estimate of drug-likeness (QED) is 0.721. The van der Waals surface area contributed by atoms with E-state index in [1.165, 1.54) is 4.90 Å². The summed E-state index contributed by atoms with van der Waals surface area (Å²) >= 11 is 0. The molecule has 0 aliphatic carbocycles. The predicted octanol–water partition coefficient (Wildman–Crippen LogP) is 0.728. The largest absolute Gasteiger partial charge is 0.352 e. The lowest BCUT2D eigenvalue weighted by atomic mass is 10.1. The van der Waals surface area contributed by atoms with Crippen LogP contribution < -0.4 is 4.90 Å². The fraction of sp³-hybridized carbons (Fsp3) is 0.462. The lowest BCUT2D eigenvalue weighted by molar-refractivity contribution is -0.141. The van der Waals surface area contributed by atoms with Gasteiger partial charge in [-0.3, -0.25) is 14.5 Å². The van der Waals surface area contributed by atoms with E-state index in [0.29, 0.717) is 25.9 Å². The van der Waals surface area contributed by atoms with Gasteiger partial charge in [0.25, 0.3) is 0 Å². The second-order valence-corrected chi connectivity index (χ2v) is 4.91. The van der Waals surface area contributed by atoms with Crippen molar-refractivity contribution in [2.24, 2.45) is 0 Å². The zero-order valence-electron chi connectivity index (χ0n) is 10.3. The van der Waals surface area contributed by atoms with E-state index in [0.717, 1.165) is 11.4 Å². The molecule has 2 saturated heterocycles. The number of amides is 2. The number of carbonyl (C=O) groups is 2. The van der Waals surface area contributed by atoms with Gasteiger partial charge in [-0.15, -0.1) is 0 Å². The zero-order chi connectivity index (χ0) is 12.7. The van der Waals surface area contributed by atoms with Crippen molar-refractivity contribution >= 4 is 17.6 Å². The minimum absolute atomic E-state index is 0.0264. The summed E-state index contributed by atoms with van der Waals surface area (Å²) in [6.07, 6.45) is 2.57. The first-order valence-corrected chi connectivity index (χ1v) is 6.17. The molecule has 2 aliphatic rings. The number of nitrogens with zero attached hydrogens (tertiary/aromatic N) is 3. The van der Waals surface area contributed by atoms with Gasteiger partial charge in [0.05, 0.1) is 6.04 Å². The highest BCUT2D eigenvalue weighted by molar-refractivity contribution is 6.02. The highest BCUT2D eigenvalue weighted by Crippen LogP contribution is 2.25. The van der Waals surface area contributed by atoms with Crippen LogP contribution in [0.15, 0.2) is 18.3 Å². The number of rotatable bonds is 2. The Labute approximate surface area is 105 Å². The molecule has 0 radical (unpaired) electrons. The van der Waals surface area contributed by atoms with E-state index in [4.69, 9.17) is 0 Å². The molecular weight excluding hydrogens is 230 g/mol. The number of hydrogen-bond acceptors (Lipinski definition) is 4. The molecule has 0 unspecified atom stereocenters. The van der Waals surface area contributed by atoms with Crippen LogP contribution in [0.2, 0.25) is 0 Å². The van der Waals surface area contributed by atoms with E-state index in [1.807, 2.05) is 25.3 Å².